The van der Waals surface area contributed by atoms with Crippen LogP contribution in [0.15, 0.2) is 24.3 Å². The van der Waals surface area contributed by atoms with Crippen LogP contribution in [0.1, 0.15) is 72.2 Å². The van der Waals surface area contributed by atoms with Crippen molar-refractivity contribution in [2.75, 3.05) is 24.9 Å². The molecule has 1 aliphatic heterocycles. The molecule has 0 radical (unpaired) electrons. The Hall–Kier alpha value is -2.85. The van der Waals surface area contributed by atoms with Crippen molar-refractivity contribution in [3.8, 4) is 23.0 Å². The van der Waals surface area contributed by atoms with Gasteiger partial charge in [-0.05, 0) is 57.4 Å². The van der Waals surface area contributed by atoms with Gasteiger partial charge >= 0.3 is 0 Å². The molecule has 2 N–H and O–H groups in total. The highest BCUT2D eigenvalue weighted by molar-refractivity contribution is 8.77. The average molecular weight is 548 g/mol. The van der Waals surface area contributed by atoms with Crippen molar-refractivity contribution < 1.29 is 34.1 Å². The molecule has 10 heteroatoms. The number of anilines is 1. The van der Waals surface area contributed by atoms with Gasteiger partial charge in [0, 0.05) is 34.1 Å². The van der Waals surface area contributed by atoms with E-state index in [1.165, 1.54) is 63.7 Å². The molecule has 1 saturated heterocycles. The van der Waals surface area contributed by atoms with Crippen LogP contribution in [0.4, 0.5) is 5.69 Å². The van der Waals surface area contributed by atoms with Gasteiger partial charge in [-0.3, -0.25) is 14.4 Å². The predicted octanol–water partition coefficient (Wildman–Crippen LogP) is 5.77. The Balaban J connectivity index is 1.98. The lowest BCUT2D eigenvalue weighted by Crippen LogP contribution is -2.30. The molecular formula is C27H33NO7S2. The lowest BCUT2D eigenvalue weighted by atomic mass is 10.0. The summed E-state index contributed by atoms with van der Waals surface area (Å²) in [5.74, 6) is 0.00659. The molecule has 2 aromatic rings. The van der Waals surface area contributed by atoms with Crippen molar-refractivity contribution in [1.29, 1.82) is 0 Å². The Morgan fingerprint density at radius 3 is 2.14 bits per heavy atom. The van der Waals surface area contributed by atoms with Gasteiger partial charge in [-0.1, -0.05) is 28.0 Å². The first-order valence-electron chi connectivity index (χ1n) is 12.1. The van der Waals surface area contributed by atoms with E-state index in [9.17, 15) is 24.6 Å². The van der Waals surface area contributed by atoms with Crippen molar-refractivity contribution in [2.24, 2.45) is 0 Å². The maximum absolute atomic E-state index is 13.6. The van der Waals surface area contributed by atoms with Gasteiger partial charge in [-0.15, -0.1) is 0 Å². The van der Waals surface area contributed by atoms with E-state index >= 15 is 0 Å². The van der Waals surface area contributed by atoms with Crippen molar-refractivity contribution in [3.63, 3.8) is 0 Å². The van der Waals surface area contributed by atoms with Gasteiger partial charge in [-0.2, -0.15) is 0 Å². The second kappa shape index (κ2) is 13.1. The predicted molar refractivity (Wildman–Crippen MR) is 147 cm³/mol. The number of unbranched alkanes of at least 4 members (excludes halogenated alkanes) is 1. The third kappa shape index (κ3) is 7.13. The molecule has 37 heavy (non-hydrogen) atoms. The highest BCUT2D eigenvalue weighted by Gasteiger charge is 2.26. The molecule has 2 aromatic carbocycles. The van der Waals surface area contributed by atoms with Gasteiger partial charge in [0.05, 0.1) is 26.5 Å². The van der Waals surface area contributed by atoms with Gasteiger partial charge in [-0.25, -0.2) is 0 Å². The van der Waals surface area contributed by atoms with E-state index in [4.69, 9.17) is 9.47 Å². The summed E-state index contributed by atoms with van der Waals surface area (Å²) in [6.07, 6.45) is 3.96. The molecule has 0 spiro atoms. The lowest BCUT2D eigenvalue weighted by Gasteiger charge is -2.26. The quantitative estimate of drug-likeness (QED) is 0.194. The van der Waals surface area contributed by atoms with E-state index < -0.39 is 0 Å². The molecule has 1 heterocycles. The van der Waals surface area contributed by atoms with E-state index in [2.05, 4.69) is 0 Å². The second-order valence-corrected chi connectivity index (χ2v) is 11.7. The fraction of sp³-hybridized carbons (Fsp3) is 0.444. The smallest absolute Gasteiger partial charge is 0.227 e. The fourth-order valence-corrected chi connectivity index (χ4v) is 7.16. The number of hydrogen-bond acceptors (Lipinski definition) is 9. The normalized spacial score (nSPS) is 14.9. The van der Waals surface area contributed by atoms with Crippen molar-refractivity contribution in [3.05, 3.63) is 41.0 Å². The number of phenols is 2. The first-order chi connectivity index (χ1) is 17.7. The minimum atomic E-state index is -0.297. The number of hydrogen-bond donors (Lipinski definition) is 2. The number of Topliss-reactive ketones (excluding diaryl/α,β-unsaturated/α-hetero) is 2. The number of benzene rings is 2. The van der Waals surface area contributed by atoms with Crippen LogP contribution in [-0.4, -0.2) is 52.9 Å². The molecule has 0 aliphatic carbocycles. The molecule has 1 atom stereocenters. The number of carbonyl (C=O) groups excluding carboxylic acids is 3. The highest BCUT2D eigenvalue weighted by atomic mass is 33.1. The molecule has 0 aromatic heterocycles. The maximum Gasteiger partial charge on any atom is 0.227 e. The Morgan fingerprint density at radius 1 is 0.946 bits per heavy atom. The molecule has 8 nitrogen and oxygen atoms in total. The second-order valence-electron chi connectivity index (χ2n) is 8.90. The first kappa shape index (κ1) is 28.7. The number of methoxy groups -OCH3 is 2. The number of rotatable bonds is 12. The maximum atomic E-state index is 13.6. The molecule has 1 aliphatic rings. The van der Waals surface area contributed by atoms with E-state index in [-0.39, 0.29) is 70.3 Å². The Bertz CT molecular complexity index is 1160. The minimum Gasteiger partial charge on any atom is -0.504 e. The highest BCUT2D eigenvalue weighted by Crippen LogP contribution is 2.42. The third-order valence-electron chi connectivity index (χ3n) is 6.28. The van der Waals surface area contributed by atoms with Gasteiger partial charge in [0.1, 0.15) is 0 Å². The molecule has 1 amide bonds. The monoisotopic (exact) mass is 547 g/mol. The van der Waals surface area contributed by atoms with E-state index in [1.54, 1.807) is 0 Å². The zero-order valence-corrected chi connectivity index (χ0v) is 23.2. The zero-order chi connectivity index (χ0) is 27.1. The van der Waals surface area contributed by atoms with E-state index in [0.29, 0.717) is 17.2 Å². The number of phenolic OH excluding ortho intramolecular Hbond substituents is 2. The number of nitrogens with zero attached hydrogens (tertiary/aromatic N) is 1. The summed E-state index contributed by atoms with van der Waals surface area (Å²) in [6.45, 7) is 2.62. The van der Waals surface area contributed by atoms with E-state index in [0.717, 1.165) is 18.6 Å². The van der Waals surface area contributed by atoms with Crippen molar-refractivity contribution >= 4 is 44.7 Å². The molecule has 1 fully saturated rings. The standard InChI is InChI=1S/C27H33NO7S2/c1-16(29)18-11-20(26(32)23(13-18)34-3)15-28(25(31)8-6-5-7-21-9-10-36-37-21)22-12-19(17(2)30)14-24(35-4)27(22)33/h11-14,21,32-33H,5-10,15H2,1-4H3. The van der Waals surface area contributed by atoms with Crippen molar-refractivity contribution in [2.45, 2.75) is 57.7 Å². The number of amides is 1. The summed E-state index contributed by atoms with van der Waals surface area (Å²) in [5, 5.41) is 22.4. The van der Waals surface area contributed by atoms with Crippen LogP contribution in [0.25, 0.3) is 0 Å². The largest absolute Gasteiger partial charge is 0.504 e. The van der Waals surface area contributed by atoms with Crippen LogP contribution in [-0.2, 0) is 11.3 Å². The SMILES string of the molecule is COc1cc(C(C)=O)cc(CN(C(=O)CCCCC2CCSS2)c2cc(C(C)=O)cc(OC)c2O)c1O. The Kier molecular flexibility index (Phi) is 10.2. The summed E-state index contributed by atoms with van der Waals surface area (Å²) in [4.78, 5) is 39.2. The number of carbonyl (C=O) groups is 3. The number of ether oxygens (including phenoxy) is 2. The number of aromatic hydroxyl groups is 2. The third-order valence-corrected chi connectivity index (χ3v) is 9.28. The summed E-state index contributed by atoms with van der Waals surface area (Å²) in [6, 6.07) is 5.79. The van der Waals surface area contributed by atoms with Crippen LogP contribution in [0.5, 0.6) is 23.0 Å². The molecule has 3 rings (SSSR count). The van der Waals surface area contributed by atoms with Crippen LogP contribution in [0.2, 0.25) is 0 Å². The van der Waals surface area contributed by atoms with Crippen LogP contribution in [0.3, 0.4) is 0 Å². The molecule has 1 unspecified atom stereocenters. The topological polar surface area (TPSA) is 113 Å². The minimum absolute atomic E-state index is 0.0514. The number of ketones is 2. The van der Waals surface area contributed by atoms with Gasteiger partial charge in [0.15, 0.2) is 34.6 Å². The lowest BCUT2D eigenvalue weighted by molar-refractivity contribution is -0.118. The van der Waals surface area contributed by atoms with Crippen LogP contribution < -0.4 is 14.4 Å². The van der Waals surface area contributed by atoms with Gasteiger partial charge in [0.25, 0.3) is 0 Å². The average Bonchev–Trinajstić information content (AvgIpc) is 3.39. The van der Waals surface area contributed by atoms with Crippen LogP contribution >= 0.6 is 21.6 Å². The summed E-state index contributed by atoms with van der Waals surface area (Å²) >= 11 is 0. The summed E-state index contributed by atoms with van der Waals surface area (Å²) < 4.78 is 10.5. The molecule has 200 valence electrons. The van der Waals surface area contributed by atoms with Crippen molar-refractivity contribution in [1.82, 2.24) is 0 Å². The van der Waals surface area contributed by atoms with Crippen LogP contribution in [0, 0.1) is 0 Å². The van der Waals surface area contributed by atoms with Gasteiger partial charge in [0.2, 0.25) is 5.91 Å². The zero-order valence-electron chi connectivity index (χ0n) is 21.5. The first-order valence-corrected chi connectivity index (χ1v) is 14.5. The summed E-state index contributed by atoms with van der Waals surface area (Å²) in [7, 11) is 6.52. The molecule has 0 saturated carbocycles. The molecular weight excluding hydrogens is 514 g/mol. The fourth-order valence-electron chi connectivity index (χ4n) is 4.13. The Morgan fingerprint density at radius 2 is 1.57 bits per heavy atom. The van der Waals surface area contributed by atoms with Gasteiger partial charge < -0.3 is 24.6 Å². The summed E-state index contributed by atoms with van der Waals surface area (Å²) in [5.41, 5.74) is 0.925. The van der Waals surface area contributed by atoms with E-state index in [1.807, 2.05) is 21.6 Å². The molecule has 0 bridgehead atoms. The Labute approximate surface area is 225 Å².